The van der Waals surface area contributed by atoms with E-state index in [1.54, 1.807) is 13.1 Å². The zero-order valence-electron chi connectivity index (χ0n) is 14.5. The molecule has 28 heavy (non-hydrogen) atoms. The van der Waals surface area contributed by atoms with Crippen molar-refractivity contribution in [3.8, 4) is 18.0 Å². The number of guanidine groups is 1. The minimum absolute atomic E-state index is 0.0361. The molecular formula is C17H14F2N8O. The molecule has 1 aliphatic rings. The lowest BCUT2D eigenvalue weighted by Crippen LogP contribution is -2.33. The minimum atomic E-state index is -1.25. The third-order valence-electron chi connectivity index (χ3n) is 4.02. The van der Waals surface area contributed by atoms with Gasteiger partial charge < -0.3 is 21.5 Å². The number of anilines is 3. The highest BCUT2D eigenvalue weighted by Gasteiger charge is 2.34. The highest BCUT2D eigenvalue weighted by atomic mass is 19.2. The maximum absolute atomic E-state index is 14.8. The SMILES string of the molecule is CCOc1ccc(F)c(F)c1C1N=C(NC#N)Nc2nc(N)c(C#N)c(N)c21. The van der Waals surface area contributed by atoms with Gasteiger partial charge in [-0.25, -0.2) is 18.8 Å². The summed E-state index contributed by atoms with van der Waals surface area (Å²) in [5.41, 5.74) is 11.5. The van der Waals surface area contributed by atoms with Crippen molar-refractivity contribution < 1.29 is 13.5 Å². The molecule has 1 atom stereocenters. The lowest BCUT2D eigenvalue weighted by atomic mass is 9.94. The van der Waals surface area contributed by atoms with E-state index in [9.17, 15) is 14.0 Å². The summed E-state index contributed by atoms with van der Waals surface area (Å²) in [6, 6.07) is 2.77. The predicted octanol–water partition coefficient (Wildman–Crippen LogP) is 1.74. The molecule has 2 heterocycles. The van der Waals surface area contributed by atoms with Gasteiger partial charge in [-0.15, -0.1) is 0 Å². The van der Waals surface area contributed by atoms with Gasteiger partial charge in [-0.05, 0) is 19.1 Å². The summed E-state index contributed by atoms with van der Waals surface area (Å²) >= 11 is 0. The summed E-state index contributed by atoms with van der Waals surface area (Å²) in [6.45, 7) is 1.86. The zero-order valence-corrected chi connectivity index (χ0v) is 14.5. The van der Waals surface area contributed by atoms with Crippen molar-refractivity contribution in [3.05, 3.63) is 40.5 Å². The average molecular weight is 384 g/mol. The summed E-state index contributed by atoms with van der Waals surface area (Å²) in [5, 5.41) is 23.2. The molecule has 2 aromatic rings. The fourth-order valence-electron chi connectivity index (χ4n) is 2.87. The Balaban J connectivity index is 2.35. The van der Waals surface area contributed by atoms with E-state index in [0.29, 0.717) is 0 Å². The second kappa shape index (κ2) is 7.25. The fraction of sp³-hybridized carbons (Fsp3) is 0.176. The first-order chi connectivity index (χ1) is 13.4. The number of hydrogen-bond acceptors (Lipinski definition) is 9. The van der Waals surface area contributed by atoms with Crippen LogP contribution in [0.15, 0.2) is 17.1 Å². The van der Waals surface area contributed by atoms with Gasteiger partial charge in [-0.3, -0.25) is 5.32 Å². The first kappa shape index (κ1) is 18.7. The van der Waals surface area contributed by atoms with E-state index in [2.05, 4.69) is 20.6 Å². The molecule has 1 unspecified atom stereocenters. The van der Waals surface area contributed by atoms with Crippen LogP contribution in [0.25, 0.3) is 0 Å². The normalized spacial score (nSPS) is 14.8. The standard InChI is InChI=1S/C17H14F2N8O/c1-2-28-9-4-3-8(18)12(19)10(9)14-11-13(22)7(5-20)15(23)26-16(11)27-17(25-14)24-6-21/h3-4,14H,2H2,1H3,(H6,22,23,24,25,26,27). The number of benzene rings is 1. The molecule has 142 valence electrons. The number of rotatable bonds is 3. The van der Waals surface area contributed by atoms with Crippen molar-refractivity contribution in [1.29, 1.82) is 10.5 Å². The molecule has 0 saturated heterocycles. The molecule has 9 nitrogen and oxygen atoms in total. The first-order valence-corrected chi connectivity index (χ1v) is 8.02. The first-order valence-electron chi connectivity index (χ1n) is 8.02. The van der Waals surface area contributed by atoms with E-state index in [0.717, 1.165) is 6.07 Å². The van der Waals surface area contributed by atoms with Crippen molar-refractivity contribution in [2.45, 2.75) is 13.0 Å². The van der Waals surface area contributed by atoms with E-state index < -0.39 is 17.7 Å². The Labute approximate surface area is 158 Å². The van der Waals surface area contributed by atoms with Crippen molar-refractivity contribution >= 4 is 23.3 Å². The average Bonchev–Trinajstić information content (AvgIpc) is 2.65. The molecule has 1 aromatic carbocycles. The maximum atomic E-state index is 14.8. The zero-order chi connectivity index (χ0) is 20.4. The number of nitrogens with zero attached hydrogens (tertiary/aromatic N) is 4. The van der Waals surface area contributed by atoms with Gasteiger partial charge in [0.05, 0.1) is 17.9 Å². The van der Waals surface area contributed by atoms with Crippen LogP contribution in [0.5, 0.6) is 5.75 Å². The molecule has 1 aromatic heterocycles. The Morgan fingerprint density at radius 3 is 2.68 bits per heavy atom. The Hall–Kier alpha value is -4.12. The minimum Gasteiger partial charge on any atom is -0.493 e. The summed E-state index contributed by atoms with van der Waals surface area (Å²) in [4.78, 5) is 8.27. The molecule has 1 aliphatic heterocycles. The number of pyridine rings is 1. The molecule has 0 aliphatic carbocycles. The van der Waals surface area contributed by atoms with Crippen molar-refractivity contribution in [3.63, 3.8) is 0 Å². The number of fused-ring (bicyclic) bond motifs is 1. The van der Waals surface area contributed by atoms with E-state index in [1.807, 2.05) is 6.07 Å². The summed E-state index contributed by atoms with van der Waals surface area (Å²) in [7, 11) is 0. The highest BCUT2D eigenvalue weighted by molar-refractivity contribution is 5.98. The second-order valence-electron chi connectivity index (χ2n) is 5.61. The van der Waals surface area contributed by atoms with E-state index in [1.165, 1.54) is 6.07 Å². The molecule has 0 amide bonds. The second-order valence-corrected chi connectivity index (χ2v) is 5.61. The molecule has 0 radical (unpaired) electrons. The van der Waals surface area contributed by atoms with E-state index in [-0.39, 0.29) is 52.3 Å². The van der Waals surface area contributed by atoms with Gasteiger partial charge in [-0.1, -0.05) is 0 Å². The van der Waals surface area contributed by atoms with Crippen LogP contribution >= 0.6 is 0 Å². The Morgan fingerprint density at radius 2 is 2.04 bits per heavy atom. The molecular weight excluding hydrogens is 370 g/mol. The third-order valence-corrected chi connectivity index (χ3v) is 4.02. The van der Waals surface area contributed by atoms with Crippen LogP contribution in [-0.4, -0.2) is 17.6 Å². The van der Waals surface area contributed by atoms with Crippen molar-refractivity contribution in [1.82, 2.24) is 10.3 Å². The van der Waals surface area contributed by atoms with Crippen LogP contribution in [0.4, 0.5) is 26.1 Å². The monoisotopic (exact) mass is 384 g/mol. The summed E-state index contributed by atoms with van der Waals surface area (Å²) in [6.07, 6.45) is 1.67. The number of ether oxygens (including phenoxy) is 1. The molecule has 0 fully saturated rings. The smallest absolute Gasteiger partial charge is 0.211 e. The van der Waals surface area contributed by atoms with Gasteiger partial charge in [0.25, 0.3) is 0 Å². The predicted molar refractivity (Wildman–Crippen MR) is 97.0 cm³/mol. The van der Waals surface area contributed by atoms with Crippen LogP contribution < -0.4 is 26.8 Å². The lowest BCUT2D eigenvalue weighted by molar-refractivity contribution is 0.329. The summed E-state index contributed by atoms with van der Waals surface area (Å²) < 4.78 is 34.2. The Kier molecular flexibility index (Phi) is 4.83. The maximum Gasteiger partial charge on any atom is 0.211 e. The number of nitrogens with two attached hydrogens (primary N) is 2. The Bertz CT molecular complexity index is 1070. The van der Waals surface area contributed by atoms with Crippen LogP contribution in [0.1, 0.15) is 29.7 Å². The number of hydrogen-bond donors (Lipinski definition) is 4. The number of halogens is 2. The summed E-state index contributed by atoms with van der Waals surface area (Å²) in [5.74, 6) is -2.47. The molecule has 6 N–H and O–H groups in total. The lowest BCUT2D eigenvalue weighted by Gasteiger charge is -2.27. The molecule has 11 heteroatoms. The van der Waals surface area contributed by atoms with Gasteiger partial charge >= 0.3 is 0 Å². The van der Waals surface area contributed by atoms with E-state index in [4.69, 9.17) is 21.5 Å². The van der Waals surface area contributed by atoms with E-state index >= 15 is 0 Å². The van der Waals surface area contributed by atoms with Gasteiger partial charge in [0.15, 0.2) is 17.8 Å². The molecule has 0 saturated carbocycles. The van der Waals surface area contributed by atoms with Crippen molar-refractivity contribution in [2.75, 3.05) is 23.4 Å². The van der Waals surface area contributed by atoms with Crippen LogP contribution in [0.2, 0.25) is 0 Å². The highest BCUT2D eigenvalue weighted by Crippen LogP contribution is 2.44. The third kappa shape index (κ3) is 2.95. The van der Waals surface area contributed by atoms with Crippen LogP contribution in [-0.2, 0) is 0 Å². The Morgan fingerprint density at radius 1 is 1.29 bits per heavy atom. The topological polar surface area (TPSA) is 158 Å². The number of nitriles is 2. The molecule has 0 spiro atoms. The number of aromatic nitrogens is 1. The number of nitrogens with one attached hydrogen (secondary N) is 2. The largest absolute Gasteiger partial charge is 0.493 e. The molecule has 0 bridgehead atoms. The van der Waals surface area contributed by atoms with Gasteiger partial charge in [0, 0.05) is 5.56 Å². The number of nitrogen functional groups attached to an aromatic ring is 2. The van der Waals surface area contributed by atoms with Gasteiger partial charge in [-0.2, -0.15) is 10.5 Å². The van der Waals surface area contributed by atoms with Crippen LogP contribution in [0.3, 0.4) is 0 Å². The van der Waals surface area contributed by atoms with Gasteiger partial charge in [0.1, 0.15) is 35.1 Å². The fourth-order valence-corrected chi connectivity index (χ4v) is 2.87. The van der Waals surface area contributed by atoms with Gasteiger partial charge in [0.2, 0.25) is 5.96 Å². The number of aliphatic imine (C=N–C) groups is 1. The van der Waals surface area contributed by atoms with Crippen LogP contribution in [0, 0.1) is 34.4 Å². The molecule has 3 rings (SSSR count). The quantitative estimate of drug-likeness (QED) is 0.460. The van der Waals surface area contributed by atoms with Crippen molar-refractivity contribution in [2.24, 2.45) is 4.99 Å².